The Morgan fingerprint density at radius 3 is 2.81 bits per heavy atom. The van der Waals surface area contributed by atoms with Gasteiger partial charge in [-0.25, -0.2) is 0 Å². The summed E-state index contributed by atoms with van der Waals surface area (Å²) in [6.07, 6.45) is 2.45. The molecule has 0 amide bonds. The molecule has 0 fully saturated rings. The van der Waals surface area contributed by atoms with E-state index in [9.17, 15) is 0 Å². The highest BCUT2D eigenvalue weighted by Gasteiger charge is 2.23. The first-order valence-electron chi connectivity index (χ1n) is 5.25. The molecule has 0 N–H and O–H groups in total. The predicted octanol–water partition coefficient (Wildman–Crippen LogP) is 2.69. The van der Waals surface area contributed by atoms with Gasteiger partial charge < -0.3 is 4.89 Å². The van der Waals surface area contributed by atoms with Gasteiger partial charge >= 0.3 is 0 Å². The quantitative estimate of drug-likeness (QED) is 0.682. The minimum atomic E-state index is -0.115. The van der Waals surface area contributed by atoms with Gasteiger partial charge in [-0.3, -0.25) is 4.98 Å². The number of hydrogen-bond acceptors (Lipinski definition) is 3. The SMILES string of the molecule is c1ccc(C2Cc3ccccc3OO2)nc1. The average molecular weight is 213 g/mol. The van der Waals surface area contributed by atoms with Crippen LogP contribution in [0.4, 0.5) is 0 Å². The highest BCUT2D eigenvalue weighted by molar-refractivity contribution is 5.35. The first kappa shape index (κ1) is 9.36. The average Bonchev–Trinajstić information content (AvgIpc) is 2.39. The Labute approximate surface area is 93.6 Å². The summed E-state index contributed by atoms with van der Waals surface area (Å²) in [4.78, 5) is 14.8. The van der Waals surface area contributed by atoms with Gasteiger partial charge in [0.05, 0.1) is 5.69 Å². The van der Waals surface area contributed by atoms with E-state index in [1.807, 2.05) is 42.5 Å². The number of aromatic nitrogens is 1. The summed E-state index contributed by atoms with van der Waals surface area (Å²) < 4.78 is 0. The monoisotopic (exact) mass is 213 g/mol. The standard InChI is InChI=1S/C13H11NO2/c1-2-7-12-10(5-1)9-13(16-15-12)11-6-3-4-8-14-11/h1-8,13H,9H2. The molecule has 80 valence electrons. The van der Waals surface area contributed by atoms with Crippen LogP contribution in [-0.4, -0.2) is 4.98 Å². The summed E-state index contributed by atoms with van der Waals surface area (Å²) in [5, 5.41) is 0. The molecule has 1 aliphatic rings. The Hall–Kier alpha value is -1.87. The van der Waals surface area contributed by atoms with Crippen molar-refractivity contribution in [2.24, 2.45) is 0 Å². The van der Waals surface area contributed by atoms with Gasteiger partial charge in [0, 0.05) is 18.2 Å². The fourth-order valence-electron chi connectivity index (χ4n) is 1.82. The summed E-state index contributed by atoms with van der Waals surface area (Å²) >= 11 is 0. The molecule has 3 nitrogen and oxygen atoms in total. The first-order valence-corrected chi connectivity index (χ1v) is 5.25. The van der Waals surface area contributed by atoms with E-state index in [0.29, 0.717) is 0 Å². The van der Waals surface area contributed by atoms with Crippen LogP contribution in [0.1, 0.15) is 17.4 Å². The highest BCUT2D eigenvalue weighted by Crippen LogP contribution is 2.32. The third-order valence-electron chi connectivity index (χ3n) is 2.65. The van der Waals surface area contributed by atoms with Crippen LogP contribution in [0.25, 0.3) is 0 Å². The van der Waals surface area contributed by atoms with Gasteiger partial charge in [0.2, 0.25) is 0 Å². The van der Waals surface area contributed by atoms with Gasteiger partial charge in [0.1, 0.15) is 0 Å². The van der Waals surface area contributed by atoms with Crippen molar-refractivity contribution in [3.8, 4) is 5.75 Å². The van der Waals surface area contributed by atoms with E-state index in [0.717, 1.165) is 23.4 Å². The van der Waals surface area contributed by atoms with E-state index in [4.69, 9.17) is 9.78 Å². The van der Waals surface area contributed by atoms with Crippen LogP contribution in [0.2, 0.25) is 0 Å². The maximum atomic E-state index is 5.33. The van der Waals surface area contributed by atoms with Gasteiger partial charge in [-0.15, -0.1) is 0 Å². The van der Waals surface area contributed by atoms with Crippen LogP contribution in [0.3, 0.4) is 0 Å². The summed E-state index contributed by atoms with van der Waals surface area (Å²) in [6.45, 7) is 0. The zero-order chi connectivity index (χ0) is 10.8. The fourth-order valence-corrected chi connectivity index (χ4v) is 1.82. The van der Waals surface area contributed by atoms with Gasteiger partial charge in [-0.05, 0) is 18.2 Å². The lowest BCUT2D eigenvalue weighted by Gasteiger charge is -2.23. The molecule has 0 saturated heterocycles. The maximum Gasteiger partial charge on any atom is 0.168 e. The lowest BCUT2D eigenvalue weighted by Crippen LogP contribution is -2.17. The van der Waals surface area contributed by atoms with Crippen LogP contribution >= 0.6 is 0 Å². The van der Waals surface area contributed by atoms with Crippen LogP contribution in [0.5, 0.6) is 5.75 Å². The number of nitrogens with zero attached hydrogens (tertiary/aromatic N) is 1. The second kappa shape index (κ2) is 3.94. The molecule has 16 heavy (non-hydrogen) atoms. The Balaban J connectivity index is 1.89. The number of pyridine rings is 1. The van der Waals surface area contributed by atoms with Gasteiger partial charge in [0.15, 0.2) is 11.9 Å². The van der Waals surface area contributed by atoms with Crippen molar-refractivity contribution >= 4 is 0 Å². The van der Waals surface area contributed by atoms with Crippen molar-refractivity contribution in [1.29, 1.82) is 0 Å². The molecule has 1 atom stereocenters. The molecule has 1 unspecified atom stereocenters. The Kier molecular flexibility index (Phi) is 2.31. The van der Waals surface area contributed by atoms with E-state index < -0.39 is 0 Å². The van der Waals surface area contributed by atoms with Crippen LogP contribution < -0.4 is 4.89 Å². The molecule has 0 spiro atoms. The van der Waals surface area contributed by atoms with Crippen molar-refractivity contribution in [2.75, 3.05) is 0 Å². The van der Waals surface area contributed by atoms with Crippen molar-refractivity contribution < 1.29 is 9.78 Å². The first-order chi connectivity index (χ1) is 7.93. The van der Waals surface area contributed by atoms with Crippen molar-refractivity contribution in [2.45, 2.75) is 12.5 Å². The van der Waals surface area contributed by atoms with Crippen LogP contribution in [0, 0.1) is 0 Å². The number of fused-ring (bicyclic) bond motifs is 1. The zero-order valence-corrected chi connectivity index (χ0v) is 8.67. The highest BCUT2D eigenvalue weighted by atomic mass is 17.2. The molecule has 1 aliphatic heterocycles. The molecule has 1 aromatic heterocycles. The van der Waals surface area contributed by atoms with Crippen LogP contribution in [0.15, 0.2) is 48.7 Å². The molecule has 2 aromatic rings. The molecule has 1 aromatic carbocycles. The van der Waals surface area contributed by atoms with Crippen molar-refractivity contribution in [3.05, 3.63) is 59.9 Å². The number of hydrogen-bond donors (Lipinski definition) is 0. The maximum absolute atomic E-state index is 5.33. The van der Waals surface area contributed by atoms with E-state index >= 15 is 0 Å². The predicted molar refractivity (Wildman–Crippen MR) is 58.8 cm³/mol. The van der Waals surface area contributed by atoms with Gasteiger partial charge in [-0.2, -0.15) is 4.89 Å². The van der Waals surface area contributed by atoms with Gasteiger partial charge in [0.25, 0.3) is 0 Å². The number of para-hydroxylation sites is 1. The van der Waals surface area contributed by atoms with Crippen molar-refractivity contribution in [3.63, 3.8) is 0 Å². The second-order valence-corrected chi connectivity index (χ2v) is 3.73. The summed E-state index contributed by atoms with van der Waals surface area (Å²) in [5.74, 6) is 0.801. The van der Waals surface area contributed by atoms with E-state index in [1.165, 1.54) is 0 Å². The normalized spacial score (nSPS) is 18.6. The van der Waals surface area contributed by atoms with E-state index in [2.05, 4.69) is 4.98 Å². The lowest BCUT2D eigenvalue weighted by molar-refractivity contribution is -0.258. The summed E-state index contributed by atoms with van der Waals surface area (Å²) in [6, 6.07) is 13.7. The Bertz CT molecular complexity index is 484. The topological polar surface area (TPSA) is 31.4 Å². The number of benzene rings is 1. The lowest BCUT2D eigenvalue weighted by atomic mass is 10.0. The fraction of sp³-hybridized carbons (Fsp3) is 0.154. The molecular weight excluding hydrogens is 202 g/mol. The Morgan fingerprint density at radius 1 is 1.06 bits per heavy atom. The second-order valence-electron chi connectivity index (χ2n) is 3.73. The smallest absolute Gasteiger partial charge is 0.168 e. The molecule has 3 heteroatoms. The Morgan fingerprint density at radius 2 is 1.94 bits per heavy atom. The third kappa shape index (κ3) is 1.66. The number of rotatable bonds is 1. The molecule has 3 rings (SSSR count). The van der Waals surface area contributed by atoms with E-state index in [-0.39, 0.29) is 6.10 Å². The molecular formula is C13H11NO2. The molecule has 0 bridgehead atoms. The molecule has 0 aliphatic carbocycles. The van der Waals surface area contributed by atoms with Gasteiger partial charge in [-0.1, -0.05) is 24.3 Å². The third-order valence-corrected chi connectivity index (χ3v) is 2.65. The minimum absolute atomic E-state index is 0.115. The largest absolute Gasteiger partial charge is 0.337 e. The van der Waals surface area contributed by atoms with Crippen LogP contribution in [-0.2, 0) is 11.3 Å². The van der Waals surface area contributed by atoms with E-state index in [1.54, 1.807) is 6.20 Å². The molecule has 0 saturated carbocycles. The van der Waals surface area contributed by atoms with Crippen molar-refractivity contribution in [1.82, 2.24) is 4.98 Å². The summed E-state index contributed by atoms with van der Waals surface area (Å²) in [7, 11) is 0. The zero-order valence-electron chi connectivity index (χ0n) is 8.67. The summed E-state index contributed by atoms with van der Waals surface area (Å²) in [5.41, 5.74) is 2.06. The molecule has 2 heterocycles. The minimum Gasteiger partial charge on any atom is -0.337 e. The molecule has 0 radical (unpaired) electrons.